The van der Waals surface area contributed by atoms with Gasteiger partial charge >= 0.3 is 12.1 Å². The Hall–Kier alpha value is -1.01. The number of rotatable bonds is 5. The van der Waals surface area contributed by atoms with Crippen molar-refractivity contribution >= 4 is 5.97 Å². The van der Waals surface area contributed by atoms with E-state index in [1.54, 1.807) is 0 Å². The maximum absolute atomic E-state index is 12.5. The third-order valence-corrected chi connectivity index (χ3v) is 1.98. The lowest BCUT2D eigenvalue weighted by Crippen LogP contribution is -2.46. The number of carbonyl (C=O) groups excluding carboxylic acids is 1. The van der Waals surface area contributed by atoms with E-state index in [9.17, 15) is 13.6 Å². The second-order valence-corrected chi connectivity index (χ2v) is 3.33. The second kappa shape index (κ2) is 4.67. The fourth-order valence-corrected chi connectivity index (χ4v) is 0.935. The van der Waals surface area contributed by atoms with Crippen molar-refractivity contribution in [2.24, 2.45) is 5.92 Å². The summed E-state index contributed by atoms with van der Waals surface area (Å²) in [4.78, 5) is 19.5. The minimum absolute atomic E-state index is 0.00475. The van der Waals surface area contributed by atoms with Crippen LogP contribution in [0.2, 0.25) is 0 Å². The minimum Gasteiger partial charge on any atom is -0.320 e. The molecule has 0 spiro atoms. The van der Waals surface area contributed by atoms with Crippen molar-refractivity contribution < 1.29 is 28.1 Å². The highest BCUT2D eigenvalue weighted by Gasteiger charge is 2.49. The lowest BCUT2D eigenvalue weighted by atomic mass is 10.0. The Morgan fingerprint density at radius 1 is 1.67 bits per heavy atom. The molecule has 1 saturated heterocycles. The Morgan fingerprint density at radius 3 is 2.73 bits per heavy atom. The molecule has 0 radical (unpaired) electrons. The Bertz CT molecular complexity index is 265. The monoisotopic (exact) mass is 222 g/mol. The van der Waals surface area contributed by atoms with E-state index in [2.05, 4.69) is 21.1 Å². The van der Waals surface area contributed by atoms with Gasteiger partial charge in [-0.3, -0.25) is 4.89 Å². The molecular weight excluding hydrogens is 210 g/mol. The third kappa shape index (κ3) is 3.24. The highest BCUT2D eigenvalue weighted by molar-refractivity contribution is 5.86. The molecule has 1 fully saturated rings. The highest BCUT2D eigenvalue weighted by atomic mass is 19.3. The number of hydrogen-bond donors (Lipinski definition) is 0. The van der Waals surface area contributed by atoms with Crippen molar-refractivity contribution in [3.63, 3.8) is 0 Å². The van der Waals surface area contributed by atoms with E-state index in [0.29, 0.717) is 0 Å². The van der Waals surface area contributed by atoms with Crippen LogP contribution < -0.4 is 0 Å². The zero-order chi connectivity index (χ0) is 11.5. The lowest BCUT2D eigenvalue weighted by Gasteiger charge is -2.35. The van der Waals surface area contributed by atoms with Crippen LogP contribution >= 0.6 is 0 Å². The van der Waals surface area contributed by atoms with Gasteiger partial charge in [-0.15, -0.1) is 0 Å². The Kier molecular flexibility index (Phi) is 3.76. The molecule has 4 nitrogen and oxygen atoms in total. The summed E-state index contributed by atoms with van der Waals surface area (Å²) in [5.74, 6) is -1.56. The maximum Gasteiger partial charge on any atom is 0.368 e. The number of hydrogen-bond acceptors (Lipinski definition) is 4. The molecule has 0 amide bonds. The molecule has 0 aromatic heterocycles. The van der Waals surface area contributed by atoms with Crippen molar-refractivity contribution in [3.05, 3.63) is 12.2 Å². The van der Waals surface area contributed by atoms with E-state index >= 15 is 0 Å². The molecule has 1 atom stereocenters. The number of halogens is 2. The third-order valence-electron chi connectivity index (χ3n) is 1.98. The van der Waals surface area contributed by atoms with Crippen LogP contribution in [-0.2, 0) is 19.3 Å². The van der Waals surface area contributed by atoms with Crippen molar-refractivity contribution in [1.29, 1.82) is 0 Å². The van der Waals surface area contributed by atoms with Gasteiger partial charge in [0.25, 0.3) is 0 Å². The van der Waals surface area contributed by atoms with E-state index in [1.807, 2.05) is 0 Å². The first-order valence-electron chi connectivity index (χ1n) is 4.44. The molecular formula is C9H12F2O4. The predicted molar refractivity (Wildman–Crippen MR) is 45.9 cm³/mol. The fraction of sp³-hybridized carbons (Fsp3) is 0.667. The summed E-state index contributed by atoms with van der Waals surface area (Å²) in [5.41, 5.74) is 0.187. The molecule has 0 aliphatic carbocycles. The van der Waals surface area contributed by atoms with Crippen LogP contribution in [0.25, 0.3) is 0 Å². The van der Waals surface area contributed by atoms with Crippen LogP contribution in [0.5, 0.6) is 0 Å². The van der Waals surface area contributed by atoms with Gasteiger partial charge in [0.15, 0.2) is 0 Å². The number of ether oxygens (including phenoxy) is 1. The summed E-state index contributed by atoms with van der Waals surface area (Å²) in [6.07, 6.45) is -2.99. The first kappa shape index (κ1) is 12.1. The quantitative estimate of drug-likeness (QED) is 0.307. The van der Waals surface area contributed by atoms with Crippen molar-refractivity contribution in [3.8, 4) is 0 Å². The van der Waals surface area contributed by atoms with Gasteiger partial charge in [0.2, 0.25) is 0 Å². The van der Waals surface area contributed by atoms with E-state index in [-0.39, 0.29) is 25.2 Å². The molecule has 15 heavy (non-hydrogen) atoms. The molecule has 1 rings (SSSR count). The van der Waals surface area contributed by atoms with Gasteiger partial charge in [0.05, 0.1) is 19.1 Å². The van der Waals surface area contributed by atoms with Gasteiger partial charge in [-0.05, 0) is 13.3 Å². The van der Waals surface area contributed by atoms with Crippen LogP contribution in [0.3, 0.4) is 0 Å². The van der Waals surface area contributed by atoms with E-state index in [1.165, 1.54) is 6.92 Å². The second-order valence-electron chi connectivity index (χ2n) is 3.33. The standard InChI is InChI=1S/C9H12F2O4/c1-6(2)8(12)15-14-4-3-7-5-13-9(7,10)11/h7H,1,3-5H2,2H3. The molecule has 86 valence electrons. The summed E-state index contributed by atoms with van der Waals surface area (Å²) in [5, 5.41) is 0. The molecule has 6 heteroatoms. The van der Waals surface area contributed by atoms with Gasteiger partial charge in [-0.25, -0.2) is 4.79 Å². The molecule has 0 saturated carbocycles. The van der Waals surface area contributed by atoms with E-state index in [4.69, 9.17) is 0 Å². The normalized spacial score (nSPS) is 23.0. The van der Waals surface area contributed by atoms with Gasteiger partial charge in [0.1, 0.15) is 0 Å². The van der Waals surface area contributed by atoms with Gasteiger partial charge in [-0.1, -0.05) is 6.58 Å². The van der Waals surface area contributed by atoms with Gasteiger partial charge < -0.3 is 4.74 Å². The smallest absolute Gasteiger partial charge is 0.320 e. The summed E-state index contributed by atoms with van der Waals surface area (Å²) in [6.45, 7) is 4.71. The summed E-state index contributed by atoms with van der Waals surface area (Å²) < 4.78 is 29.1. The van der Waals surface area contributed by atoms with Gasteiger partial charge in [0, 0.05) is 5.57 Å². The van der Waals surface area contributed by atoms with Crippen LogP contribution in [0.1, 0.15) is 13.3 Å². The number of alkyl halides is 2. The molecule has 0 bridgehead atoms. The van der Waals surface area contributed by atoms with Crippen LogP contribution in [-0.4, -0.2) is 25.3 Å². The Balaban J connectivity index is 2.07. The average Bonchev–Trinajstić information content (AvgIpc) is 2.15. The molecule has 0 aromatic carbocycles. The first-order chi connectivity index (χ1) is 6.93. The summed E-state index contributed by atoms with van der Waals surface area (Å²) >= 11 is 0. The maximum atomic E-state index is 12.5. The molecule has 0 N–H and O–H groups in total. The SMILES string of the molecule is C=C(C)C(=O)OOCCC1COC1(F)F. The Morgan fingerprint density at radius 2 is 2.33 bits per heavy atom. The molecule has 1 aliphatic heterocycles. The Labute approximate surface area is 85.7 Å². The van der Waals surface area contributed by atoms with E-state index in [0.717, 1.165) is 0 Å². The zero-order valence-electron chi connectivity index (χ0n) is 8.29. The zero-order valence-corrected chi connectivity index (χ0v) is 8.29. The topological polar surface area (TPSA) is 44.8 Å². The summed E-state index contributed by atoms with van der Waals surface area (Å²) in [6, 6.07) is 0. The number of carbonyl (C=O) groups is 1. The molecule has 0 aromatic rings. The average molecular weight is 222 g/mol. The van der Waals surface area contributed by atoms with Crippen molar-refractivity contribution in [2.75, 3.05) is 13.2 Å². The lowest BCUT2D eigenvalue weighted by molar-refractivity contribution is -0.364. The van der Waals surface area contributed by atoms with Crippen LogP contribution in [0, 0.1) is 5.92 Å². The minimum atomic E-state index is -3.07. The fourth-order valence-electron chi connectivity index (χ4n) is 0.935. The first-order valence-corrected chi connectivity index (χ1v) is 4.44. The van der Waals surface area contributed by atoms with E-state index < -0.39 is 18.0 Å². The predicted octanol–water partition coefficient (Wildman–Crippen LogP) is 1.67. The molecule has 1 aliphatic rings. The largest absolute Gasteiger partial charge is 0.368 e. The van der Waals surface area contributed by atoms with Crippen LogP contribution in [0.4, 0.5) is 8.78 Å². The molecule has 1 heterocycles. The molecule has 1 unspecified atom stereocenters. The van der Waals surface area contributed by atoms with Crippen molar-refractivity contribution in [1.82, 2.24) is 0 Å². The van der Waals surface area contributed by atoms with Gasteiger partial charge in [-0.2, -0.15) is 13.7 Å². The van der Waals surface area contributed by atoms with Crippen molar-refractivity contribution in [2.45, 2.75) is 19.5 Å². The van der Waals surface area contributed by atoms with Crippen LogP contribution in [0.15, 0.2) is 12.2 Å². The highest BCUT2D eigenvalue weighted by Crippen LogP contribution is 2.37. The summed E-state index contributed by atoms with van der Waals surface area (Å²) in [7, 11) is 0.